The van der Waals surface area contributed by atoms with Crippen LogP contribution in [-0.2, 0) is 6.42 Å². The molecular formula is C34H23F. The van der Waals surface area contributed by atoms with Gasteiger partial charge in [0, 0.05) is 5.39 Å². The van der Waals surface area contributed by atoms with E-state index in [0.717, 1.165) is 29.4 Å². The Morgan fingerprint density at radius 1 is 0.486 bits per heavy atom. The number of benzene rings is 6. The van der Waals surface area contributed by atoms with Crippen LogP contribution in [0, 0.1) is 5.82 Å². The minimum Gasteiger partial charge on any atom is -0.206 e. The van der Waals surface area contributed by atoms with E-state index < -0.39 is 0 Å². The van der Waals surface area contributed by atoms with Crippen LogP contribution in [0.1, 0.15) is 17.5 Å². The van der Waals surface area contributed by atoms with Gasteiger partial charge in [0.1, 0.15) is 5.82 Å². The topological polar surface area (TPSA) is 0 Å². The summed E-state index contributed by atoms with van der Waals surface area (Å²) in [4.78, 5) is 0. The Labute approximate surface area is 204 Å². The zero-order valence-corrected chi connectivity index (χ0v) is 19.3. The molecule has 1 aliphatic carbocycles. The first-order valence-corrected chi connectivity index (χ1v) is 12.2. The maximum absolute atomic E-state index is 14.7. The Kier molecular flexibility index (Phi) is 4.57. The second kappa shape index (κ2) is 7.92. The van der Waals surface area contributed by atoms with E-state index in [1.807, 2.05) is 30.3 Å². The molecule has 0 unspecified atom stereocenters. The van der Waals surface area contributed by atoms with Gasteiger partial charge in [0.2, 0.25) is 0 Å². The summed E-state index contributed by atoms with van der Waals surface area (Å²) in [6.07, 6.45) is 6.75. The molecule has 0 saturated carbocycles. The lowest BCUT2D eigenvalue weighted by Gasteiger charge is -2.21. The summed E-state index contributed by atoms with van der Waals surface area (Å²) in [6.45, 7) is 0. The molecule has 1 aliphatic rings. The fraction of sp³-hybridized carbons (Fsp3) is 0.0588. The fourth-order valence-corrected chi connectivity index (χ4v) is 5.87. The third kappa shape index (κ3) is 3.05. The summed E-state index contributed by atoms with van der Waals surface area (Å²) in [6, 6.07) is 35.4. The summed E-state index contributed by atoms with van der Waals surface area (Å²) in [5.74, 6) is -0.183. The van der Waals surface area contributed by atoms with Crippen LogP contribution in [0.2, 0.25) is 0 Å². The largest absolute Gasteiger partial charge is 0.206 e. The van der Waals surface area contributed by atoms with Crippen LogP contribution in [0.3, 0.4) is 0 Å². The highest BCUT2D eigenvalue weighted by molar-refractivity contribution is 6.24. The minimum atomic E-state index is -0.183. The third-order valence-electron chi connectivity index (χ3n) is 7.40. The normalized spacial score (nSPS) is 12.9. The Hall–Kier alpha value is -4.23. The first-order valence-electron chi connectivity index (χ1n) is 12.2. The number of rotatable bonds is 2. The van der Waals surface area contributed by atoms with Crippen LogP contribution in [-0.4, -0.2) is 0 Å². The molecule has 166 valence electrons. The number of hydrogen-bond acceptors (Lipinski definition) is 0. The highest BCUT2D eigenvalue weighted by Gasteiger charge is 2.20. The van der Waals surface area contributed by atoms with E-state index in [4.69, 9.17) is 0 Å². The summed E-state index contributed by atoms with van der Waals surface area (Å²) < 4.78 is 14.7. The van der Waals surface area contributed by atoms with Crippen molar-refractivity contribution in [2.75, 3.05) is 0 Å². The van der Waals surface area contributed by atoms with Crippen LogP contribution in [0.5, 0.6) is 0 Å². The highest BCUT2D eigenvalue weighted by atomic mass is 19.1. The van der Waals surface area contributed by atoms with Crippen LogP contribution < -0.4 is 0 Å². The van der Waals surface area contributed by atoms with Crippen molar-refractivity contribution < 1.29 is 4.39 Å². The van der Waals surface area contributed by atoms with Crippen molar-refractivity contribution in [3.63, 3.8) is 0 Å². The van der Waals surface area contributed by atoms with E-state index >= 15 is 0 Å². The molecule has 35 heavy (non-hydrogen) atoms. The minimum absolute atomic E-state index is 0.183. The van der Waals surface area contributed by atoms with Gasteiger partial charge in [0.25, 0.3) is 0 Å². The molecule has 0 nitrogen and oxygen atoms in total. The molecule has 0 saturated heterocycles. The first kappa shape index (κ1) is 20.2. The number of allylic oxidation sites excluding steroid dienone is 1. The third-order valence-corrected chi connectivity index (χ3v) is 7.40. The van der Waals surface area contributed by atoms with Gasteiger partial charge in [-0.2, -0.15) is 0 Å². The summed E-state index contributed by atoms with van der Waals surface area (Å²) in [5, 5.41) is 6.43. The van der Waals surface area contributed by atoms with Crippen molar-refractivity contribution in [2.24, 2.45) is 0 Å². The lowest BCUT2D eigenvalue weighted by atomic mass is 9.82. The van der Waals surface area contributed by atoms with E-state index in [-0.39, 0.29) is 5.82 Å². The Balaban J connectivity index is 1.67. The average molecular weight is 451 g/mol. The molecule has 0 N–H and O–H groups in total. The molecule has 0 aromatic heterocycles. The van der Waals surface area contributed by atoms with Gasteiger partial charge in [0.05, 0.1) is 0 Å². The quantitative estimate of drug-likeness (QED) is 0.230. The van der Waals surface area contributed by atoms with Gasteiger partial charge in [-0.05, 0) is 79.2 Å². The molecule has 0 radical (unpaired) electrons. The molecule has 0 heterocycles. The lowest BCUT2D eigenvalue weighted by Crippen LogP contribution is -1.98. The van der Waals surface area contributed by atoms with Gasteiger partial charge in [-0.25, -0.2) is 4.39 Å². The lowest BCUT2D eigenvalue weighted by molar-refractivity contribution is 0.640. The standard InChI is InChI=1S/C34H23F/c35-32-21-20-31(24-13-3-4-14-25(24)32)34-29-17-7-5-15-27(29)33(28-16-6-8-18-30(28)34)26-19-9-11-22-10-1-2-12-23(22)26/h2-9,11-21H,1,10H2. The maximum Gasteiger partial charge on any atom is 0.131 e. The Bertz CT molecular complexity index is 1750. The van der Waals surface area contributed by atoms with Gasteiger partial charge in [-0.3, -0.25) is 0 Å². The Morgan fingerprint density at radius 3 is 1.71 bits per heavy atom. The molecule has 0 amide bonds. The predicted molar refractivity (Wildman–Crippen MR) is 147 cm³/mol. The SMILES string of the molecule is Fc1ccc(-c2c3ccccc3c(-c3cccc4c3C=CCC4)c3ccccc23)c2ccccc12. The van der Waals surface area contributed by atoms with Gasteiger partial charge in [-0.15, -0.1) is 0 Å². The van der Waals surface area contributed by atoms with E-state index in [9.17, 15) is 4.39 Å². The molecule has 1 heteroatoms. The van der Waals surface area contributed by atoms with Crippen LogP contribution in [0.4, 0.5) is 4.39 Å². The van der Waals surface area contributed by atoms with E-state index in [2.05, 4.69) is 78.9 Å². The summed E-state index contributed by atoms with van der Waals surface area (Å²) in [7, 11) is 0. The van der Waals surface area contributed by atoms with Gasteiger partial charge < -0.3 is 0 Å². The highest BCUT2D eigenvalue weighted by Crippen LogP contribution is 2.46. The van der Waals surface area contributed by atoms with Gasteiger partial charge in [-0.1, -0.05) is 109 Å². The number of fused-ring (bicyclic) bond motifs is 4. The van der Waals surface area contributed by atoms with E-state index in [1.165, 1.54) is 43.8 Å². The van der Waals surface area contributed by atoms with E-state index in [0.29, 0.717) is 5.39 Å². The van der Waals surface area contributed by atoms with Gasteiger partial charge in [0.15, 0.2) is 0 Å². The monoisotopic (exact) mass is 450 g/mol. The smallest absolute Gasteiger partial charge is 0.131 e. The molecule has 0 fully saturated rings. The summed E-state index contributed by atoms with van der Waals surface area (Å²) in [5.41, 5.74) is 7.52. The zero-order valence-electron chi connectivity index (χ0n) is 19.3. The van der Waals surface area contributed by atoms with Crippen molar-refractivity contribution in [1.29, 1.82) is 0 Å². The predicted octanol–water partition coefficient (Wildman–Crippen LogP) is 9.58. The van der Waals surface area contributed by atoms with Crippen LogP contribution in [0.25, 0.3) is 60.6 Å². The van der Waals surface area contributed by atoms with Crippen molar-refractivity contribution in [2.45, 2.75) is 12.8 Å². The molecule has 0 spiro atoms. The fourth-order valence-electron chi connectivity index (χ4n) is 5.87. The second-order valence-electron chi connectivity index (χ2n) is 9.30. The van der Waals surface area contributed by atoms with E-state index in [1.54, 1.807) is 6.07 Å². The molecular weight excluding hydrogens is 427 g/mol. The molecule has 0 bridgehead atoms. The zero-order chi connectivity index (χ0) is 23.4. The van der Waals surface area contributed by atoms with Crippen LogP contribution >= 0.6 is 0 Å². The molecule has 6 aromatic rings. The molecule has 7 rings (SSSR count). The number of hydrogen-bond donors (Lipinski definition) is 0. The van der Waals surface area contributed by atoms with Crippen molar-refractivity contribution in [3.05, 3.63) is 126 Å². The maximum atomic E-state index is 14.7. The van der Waals surface area contributed by atoms with Crippen molar-refractivity contribution in [1.82, 2.24) is 0 Å². The average Bonchev–Trinajstić information content (AvgIpc) is 2.92. The number of halogens is 1. The molecule has 0 atom stereocenters. The molecule has 0 aliphatic heterocycles. The van der Waals surface area contributed by atoms with Crippen molar-refractivity contribution in [3.8, 4) is 22.3 Å². The van der Waals surface area contributed by atoms with Crippen molar-refractivity contribution >= 4 is 38.4 Å². The van der Waals surface area contributed by atoms with Gasteiger partial charge >= 0.3 is 0 Å². The molecule has 6 aromatic carbocycles. The van der Waals surface area contributed by atoms with Crippen LogP contribution in [0.15, 0.2) is 109 Å². The summed E-state index contributed by atoms with van der Waals surface area (Å²) >= 11 is 0. The Morgan fingerprint density at radius 2 is 1.06 bits per heavy atom. The number of aryl methyl sites for hydroxylation is 1. The second-order valence-corrected chi connectivity index (χ2v) is 9.30. The first-order chi connectivity index (χ1) is 17.3.